The molecular formula is C39H32N10O11S2. The lowest BCUT2D eigenvalue weighted by Crippen LogP contribution is -2.15. The molecule has 7 rings (SSSR count). The van der Waals surface area contributed by atoms with Gasteiger partial charge in [0.05, 0.1) is 21.2 Å². The maximum Gasteiger partial charge on any atom is 0.264 e. The van der Waals surface area contributed by atoms with Crippen LogP contribution in [-0.2, 0) is 20.0 Å². The number of sulfonamides is 2. The number of nitrogens with one attached hydrogen (secondary N) is 2. The first-order valence-corrected chi connectivity index (χ1v) is 20.8. The van der Waals surface area contributed by atoms with E-state index >= 15 is 0 Å². The van der Waals surface area contributed by atoms with E-state index in [2.05, 4.69) is 49.8 Å². The van der Waals surface area contributed by atoms with Gasteiger partial charge in [0.25, 0.3) is 20.0 Å². The third-order valence-corrected chi connectivity index (χ3v) is 11.4. The molecule has 0 aliphatic carbocycles. The van der Waals surface area contributed by atoms with Gasteiger partial charge in [0.1, 0.15) is 11.1 Å². The number of rotatable bonds is 11. The SMILES string of the molecule is Cc1cc(C)nc(NS(=O)(=O)c2ccc(N=Nc3c(O)c(N=Nc4ccc(S(=O)(=O)Nc5nc(C)cc(C)n5)cc4)c4oc(-c5cc(O)c(O)c(O)c5)cc(=O)c4c3O)cc2)n1. The zero-order chi connectivity index (χ0) is 44.7. The number of hydrogen-bond donors (Lipinski definition) is 7. The first-order chi connectivity index (χ1) is 29.3. The number of aryl methyl sites for hydroxylation is 4. The Bertz CT molecular complexity index is 3230. The summed E-state index contributed by atoms with van der Waals surface area (Å²) in [5.74, 6) is -4.76. The Balaban J connectivity index is 1.26. The van der Waals surface area contributed by atoms with Crippen molar-refractivity contribution in [1.29, 1.82) is 0 Å². The fourth-order valence-corrected chi connectivity index (χ4v) is 7.80. The Morgan fingerprint density at radius 1 is 0.532 bits per heavy atom. The van der Waals surface area contributed by atoms with E-state index in [1.807, 2.05) is 0 Å². The topological polar surface area (TPSA) is 325 Å². The van der Waals surface area contributed by atoms with Crippen LogP contribution in [0.2, 0.25) is 0 Å². The maximum atomic E-state index is 13.6. The Labute approximate surface area is 350 Å². The molecule has 7 aromatic rings. The molecule has 3 aromatic heterocycles. The number of hydrogen-bond acceptors (Lipinski definition) is 19. The van der Waals surface area contributed by atoms with Gasteiger partial charge >= 0.3 is 0 Å². The maximum absolute atomic E-state index is 13.6. The molecule has 0 bridgehead atoms. The van der Waals surface area contributed by atoms with Crippen molar-refractivity contribution in [2.75, 3.05) is 9.44 Å². The molecule has 0 amide bonds. The standard InChI is InChI=1S/C39H32N10O11S2/c1-18-13-19(2)41-38(40-18)48-61(56,57)25-9-5-23(6-10-25)44-46-32-35(54)31-27(50)17-30(22-15-28(51)34(53)29(52)16-22)60-37(31)33(36(32)55)47-45-24-7-11-26(12-8-24)62(58,59)49-39-42-20(3)14-21(4)43-39/h5-17,51-55H,1-4H3,(H,40,41,48)(H,42,43,49). The van der Waals surface area contributed by atoms with E-state index in [9.17, 15) is 47.2 Å². The summed E-state index contributed by atoms with van der Waals surface area (Å²) >= 11 is 0. The lowest BCUT2D eigenvalue weighted by Gasteiger charge is -2.11. The summed E-state index contributed by atoms with van der Waals surface area (Å²) in [7, 11) is -8.29. The Kier molecular flexibility index (Phi) is 11.0. The van der Waals surface area contributed by atoms with Crippen molar-refractivity contribution in [3.8, 4) is 40.1 Å². The fourth-order valence-electron chi connectivity index (χ4n) is 5.91. The van der Waals surface area contributed by atoms with Gasteiger partial charge in [0.2, 0.25) is 11.9 Å². The second kappa shape index (κ2) is 16.2. The monoisotopic (exact) mass is 880 g/mol. The highest BCUT2D eigenvalue weighted by molar-refractivity contribution is 7.93. The number of aromatic hydroxyl groups is 5. The summed E-state index contributed by atoms with van der Waals surface area (Å²) in [6.07, 6.45) is 0. The minimum atomic E-state index is -4.15. The number of benzene rings is 4. The van der Waals surface area contributed by atoms with E-state index in [1.54, 1.807) is 39.8 Å². The number of nitrogens with zero attached hydrogens (tertiary/aromatic N) is 8. The highest BCUT2D eigenvalue weighted by Crippen LogP contribution is 2.51. The van der Waals surface area contributed by atoms with Gasteiger partial charge in [-0.05, 0) is 100 Å². The summed E-state index contributed by atoms with van der Waals surface area (Å²) in [4.78, 5) is 29.6. The molecule has 0 fully saturated rings. The highest BCUT2D eigenvalue weighted by Gasteiger charge is 2.26. The van der Waals surface area contributed by atoms with Crippen LogP contribution in [0, 0.1) is 27.7 Å². The van der Waals surface area contributed by atoms with Crippen LogP contribution in [0.15, 0.2) is 118 Å². The van der Waals surface area contributed by atoms with E-state index in [-0.39, 0.29) is 44.4 Å². The summed E-state index contributed by atoms with van der Waals surface area (Å²) in [6.45, 7) is 6.73. The molecule has 23 heteroatoms. The van der Waals surface area contributed by atoms with E-state index in [0.717, 1.165) is 18.2 Å². The molecule has 21 nitrogen and oxygen atoms in total. The van der Waals surface area contributed by atoms with Gasteiger partial charge in [-0.15, -0.1) is 10.2 Å². The Morgan fingerprint density at radius 2 is 0.952 bits per heavy atom. The smallest absolute Gasteiger partial charge is 0.264 e. The van der Waals surface area contributed by atoms with Gasteiger partial charge in [-0.3, -0.25) is 4.79 Å². The van der Waals surface area contributed by atoms with Crippen molar-refractivity contribution < 1.29 is 46.8 Å². The van der Waals surface area contributed by atoms with Crippen LogP contribution in [0.4, 0.5) is 34.6 Å². The van der Waals surface area contributed by atoms with Crippen LogP contribution in [0.1, 0.15) is 22.8 Å². The third kappa shape index (κ3) is 8.78. The molecule has 0 atom stereocenters. The fraction of sp³-hybridized carbons (Fsp3) is 0.103. The lowest BCUT2D eigenvalue weighted by atomic mass is 10.1. The van der Waals surface area contributed by atoms with Crippen LogP contribution < -0.4 is 14.9 Å². The van der Waals surface area contributed by atoms with E-state index in [4.69, 9.17) is 4.42 Å². The van der Waals surface area contributed by atoms with Crippen LogP contribution in [0.25, 0.3) is 22.3 Å². The van der Waals surface area contributed by atoms with Gasteiger partial charge in [0.15, 0.2) is 51.1 Å². The third-order valence-electron chi connectivity index (χ3n) is 8.67. The normalized spacial score (nSPS) is 12.1. The molecule has 0 saturated carbocycles. The van der Waals surface area contributed by atoms with Gasteiger partial charge in [-0.2, -0.15) is 10.2 Å². The van der Waals surface area contributed by atoms with E-state index in [0.29, 0.717) is 22.8 Å². The minimum Gasteiger partial charge on any atom is -0.505 e. The second-order valence-corrected chi connectivity index (χ2v) is 16.8. The van der Waals surface area contributed by atoms with Gasteiger partial charge < -0.3 is 29.9 Å². The van der Waals surface area contributed by atoms with Crippen molar-refractivity contribution >= 4 is 65.7 Å². The van der Waals surface area contributed by atoms with Crippen molar-refractivity contribution in [3.05, 3.63) is 112 Å². The number of azo groups is 2. The number of phenols is 5. The average Bonchev–Trinajstić information content (AvgIpc) is 3.18. The summed E-state index contributed by atoms with van der Waals surface area (Å²) in [5.41, 5.74) is -0.588. The number of fused-ring (bicyclic) bond motifs is 1. The second-order valence-electron chi connectivity index (χ2n) is 13.5. The van der Waals surface area contributed by atoms with Crippen molar-refractivity contribution in [2.24, 2.45) is 20.5 Å². The average molecular weight is 881 g/mol. The van der Waals surface area contributed by atoms with Crippen molar-refractivity contribution in [2.45, 2.75) is 37.5 Å². The molecule has 7 N–H and O–H groups in total. The molecular weight excluding hydrogens is 849 g/mol. The van der Waals surface area contributed by atoms with E-state index < -0.39 is 76.6 Å². The largest absolute Gasteiger partial charge is 0.505 e. The van der Waals surface area contributed by atoms with Gasteiger partial charge in [-0.25, -0.2) is 46.2 Å². The first-order valence-electron chi connectivity index (χ1n) is 17.8. The molecule has 0 radical (unpaired) electrons. The van der Waals surface area contributed by atoms with Crippen LogP contribution in [0.3, 0.4) is 0 Å². The highest BCUT2D eigenvalue weighted by atomic mass is 32.2. The Hall–Kier alpha value is -8.05. The summed E-state index contributed by atoms with van der Waals surface area (Å²) in [6, 6.07) is 16.1. The van der Waals surface area contributed by atoms with Crippen LogP contribution >= 0.6 is 0 Å². The predicted molar refractivity (Wildman–Crippen MR) is 222 cm³/mol. The number of phenolic OH excluding ortho intramolecular Hbond substituents is 5. The molecule has 4 aromatic carbocycles. The minimum absolute atomic E-state index is 0.0379. The van der Waals surface area contributed by atoms with Crippen molar-refractivity contribution in [3.63, 3.8) is 0 Å². The molecule has 0 spiro atoms. The van der Waals surface area contributed by atoms with Gasteiger partial charge in [0, 0.05) is 34.4 Å². The van der Waals surface area contributed by atoms with Crippen LogP contribution in [-0.4, -0.2) is 62.3 Å². The van der Waals surface area contributed by atoms with Crippen molar-refractivity contribution in [1.82, 2.24) is 19.9 Å². The molecule has 3 heterocycles. The number of aromatic nitrogens is 4. The zero-order valence-corrected chi connectivity index (χ0v) is 34.2. The molecule has 0 aliphatic rings. The Morgan fingerprint density at radius 3 is 1.39 bits per heavy atom. The zero-order valence-electron chi connectivity index (χ0n) is 32.6. The quantitative estimate of drug-likeness (QED) is 0.0497. The molecule has 62 heavy (non-hydrogen) atoms. The molecule has 316 valence electrons. The van der Waals surface area contributed by atoms with E-state index in [1.165, 1.54) is 48.5 Å². The van der Waals surface area contributed by atoms with Gasteiger partial charge in [-0.1, -0.05) is 0 Å². The number of anilines is 2. The summed E-state index contributed by atoms with van der Waals surface area (Å²) in [5, 5.41) is 68.4. The predicted octanol–water partition coefficient (Wildman–Crippen LogP) is 7.23. The molecule has 0 unspecified atom stereocenters. The van der Waals surface area contributed by atoms with Crippen LogP contribution in [0.5, 0.6) is 28.7 Å². The lowest BCUT2D eigenvalue weighted by molar-refractivity contribution is 0.368. The molecule has 0 saturated heterocycles. The molecule has 0 aliphatic heterocycles. The summed E-state index contributed by atoms with van der Waals surface area (Å²) < 4.78 is 62.8. The first kappa shape index (κ1) is 42.1.